The van der Waals surface area contributed by atoms with Gasteiger partial charge >= 0.3 is 11.8 Å². The summed E-state index contributed by atoms with van der Waals surface area (Å²) < 4.78 is 18.6. The van der Waals surface area contributed by atoms with Crippen LogP contribution in [0.3, 0.4) is 0 Å². The molecule has 24 heavy (non-hydrogen) atoms. The number of halogens is 1. The molecule has 0 bridgehead atoms. The van der Waals surface area contributed by atoms with Crippen LogP contribution in [-0.2, 0) is 11.3 Å². The van der Waals surface area contributed by atoms with Crippen molar-refractivity contribution in [2.75, 3.05) is 6.54 Å². The molecule has 3 amide bonds. The standard InChI is InChI=1S/C15H17FN4O4/c1-2-3-8-17-14(22)18-12(21)9-20-15(23)24-13(19-20)10-4-6-11(16)7-5-10/h4-7H,2-3,8-9H2,1H3,(H2,17,18,21,22). The molecule has 8 nitrogen and oxygen atoms in total. The van der Waals surface area contributed by atoms with Crippen molar-refractivity contribution in [1.82, 2.24) is 20.4 Å². The summed E-state index contributed by atoms with van der Waals surface area (Å²) in [5.41, 5.74) is 0.393. The number of imide groups is 1. The van der Waals surface area contributed by atoms with Gasteiger partial charge in [0.15, 0.2) is 0 Å². The number of nitrogens with one attached hydrogen (secondary N) is 2. The van der Waals surface area contributed by atoms with Gasteiger partial charge in [0.2, 0.25) is 11.8 Å². The average molecular weight is 336 g/mol. The van der Waals surface area contributed by atoms with E-state index in [-0.39, 0.29) is 5.89 Å². The Morgan fingerprint density at radius 2 is 2.00 bits per heavy atom. The van der Waals surface area contributed by atoms with Crippen LogP contribution in [0.2, 0.25) is 0 Å². The summed E-state index contributed by atoms with van der Waals surface area (Å²) in [5.74, 6) is -2.03. The first-order valence-corrected chi connectivity index (χ1v) is 7.41. The molecular formula is C15H17FN4O4. The molecule has 0 spiro atoms. The molecule has 0 fully saturated rings. The van der Waals surface area contributed by atoms with Gasteiger partial charge in [-0.3, -0.25) is 10.1 Å². The van der Waals surface area contributed by atoms with Crippen LogP contribution in [0.5, 0.6) is 0 Å². The Hall–Kier alpha value is -2.97. The maximum atomic E-state index is 12.9. The minimum atomic E-state index is -0.851. The minimum Gasteiger partial charge on any atom is -0.388 e. The number of carbonyl (C=O) groups excluding carboxylic acids is 2. The van der Waals surface area contributed by atoms with Crippen LogP contribution < -0.4 is 16.4 Å². The zero-order valence-corrected chi connectivity index (χ0v) is 13.0. The third-order valence-electron chi connectivity index (χ3n) is 3.06. The number of rotatable bonds is 6. The van der Waals surface area contributed by atoms with E-state index in [2.05, 4.69) is 15.7 Å². The summed E-state index contributed by atoms with van der Waals surface area (Å²) in [6.07, 6.45) is 1.71. The first-order valence-electron chi connectivity index (χ1n) is 7.41. The molecule has 2 N–H and O–H groups in total. The second kappa shape index (κ2) is 8.04. The third kappa shape index (κ3) is 4.77. The largest absolute Gasteiger partial charge is 0.437 e. The number of amides is 3. The Kier molecular flexibility index (Phi) is 5.83. The molecule has 128 valence electrons. The van der Waals surface area contributed by atoms with Crippen LogP contribution in [0.25, 0.3) is 11.5 Å². The fraction of sp³-hybridized carbons (Fsp3) is 0.333. The lowest BCUT2D eigenvalue weighted by molar-refractivity contribution is -0.120. The highest BCUT2D eigenvalue weighted by atomic mass is 19.1. The number of carbonyl (C=O) groups is 2. The molecule has 0 aliphatic rings. The van der Waals surface area contributed by atoms with E-state index in [9.17, 15) is 18.8 Å². The van der Waals surface area contributed by atoms with Crippen LogP contribution in [0.1, 0.15) is 19.8 Å². The number of nitrogens with zero attached hydrogens (tertiary/aromatic N) is 2. The van der Waals surface area contributed by atoms with Gasteiger partial charge in [-0.1, -0.05) is 13.3 Å². The second-order valence-corrected chi connectivity index (χ2v) is 5.00. The first kappa shape index (κ1) is 17.4. The van der Waals surface area contributed by atoms with Gasteiger partial charge in [-0.05, 0) is 30.7 Å². The van der Waals surface area contributed by atoms with Gasteiger partial charge in [-0.25, -0.2) is 14.0 Å². The molecule has 0 aliphatic heterocycles. The van der Waals surface area contributed by atoms with E-state index in [0.29, 0.717) is 12.1 Å². The summed E-state index contributed by atoms with van der Waals surface area (Å²) in [5, 5.41) is 8.46. The van der Waals surface area contributed by atoms with E-state index in [1.807, 2.05) is 6.92 Å². The highest BCUT2D eigenvalue weighted by Crippen LogP contribution is 2.15. The lowest BCUT2D eigenvalue weighted by Gasteiger charge is -2.05. The van der Waals surface area contributed by atoms with Crippen molar-refractivity contribution < 1.29 is 18.4 Å². The van der Waals surface area contributed by atoms with Crippen molar-refractivity contribution in [3.05, 3.63) is 40.6 Å². The predicted octanol–water partition coefficient (Wildman–Crippen LogP) is 1.27. The normalized spacial score (nSPS) is 10.4. The van der Waals surface area contributed by atoms with E-state index in [0.717, 1.165) is 17.5 Å². The average Bonchev–Trinajstić information content (AvgIpc) is 2.89. The predicted molar refractivity (Wildman–Crippen MR) is 82.6 cm³/mol. The summed E-state index contributed by atoms with van der Waals surface area (Å²) in [7, 11) is 0. The molecule has 0 atom stereocenters. The van der Waals surface area contributed by atoms with Crippen molar-refractivity contribution in [3.8, 4) is 11.5 Å². The van der Waals surface area contributed by atoms with Gasteiger partial charge in [-0.2, -0.15) is 4.68 Å². The fourth-order valence-electron chi connectivity index (χ4n) is 1.84. The van der Waals surface area contributed by atoms with Crippen molar-refractivity contribution in [2.24, 2.45) is 0 Å². The Labute approximate surface area is 136 Å². The Morgan fingerprint density at radius 3 is 2.67 bits per heavy atom. The van der Waals surface area contributed by atoms with Gasteiger partial charge < -0.3 is 9.73 Å². The molecule has 2 rings (SSSR count). The minimum absolute atomic E-state index is 0.0415. The van der Waals surface area contributed by atoms with Crippen molar-refractivity contribution in [2.45, 2.75) is 26.3 Å². The van der Waals surface area contributed by atoms with Crippen LogP contribution in [0.4, 0.5) is 9.18 Å². The maximum Gasteiger partial charge on any atom is 0.437 e. The molecule has 0 unspecified atom stereocenters. The molecule has 0 saturated heterocycles. The third-order valence-corrected chi connectivity index (χ3v) is 3.06. The number of hydrogen-bond donors (Lipinski definition) is 2. The maximum absolute atomic E-state index is 12.9. The number of urea groups is 1. The molecule has 0 aliphatic carbocycles. The topological polar surface area (TPSA) is 106 Å². The van der Waals surface area contributed by atoms with Gasteiger partial charge in [0, 0.05) is 12.1 Å². The van der Waals surface area contributed by atoms with Crippen LogP contribution >= 0.6 is 0 Å². The van der Waals surface area contributed by atoms with Gasteiger partial charge in [0.25, 0.3) is 0 Å². The first-order chi connectivity index (χ1) is 11.5. The fourth-order valence-corrected chi connectivity index (χ4v) is 1.84. The number of unbranched alkanes of at least 4 members (excludes halogenated alkanes) is 1. The quantitative estimate of drug-likeness (QED) is 0.773. The zero-order valence-electron chi connectivity index (χ0n) is 13.0. The molecule has 1 heterocycles. The molecule has 1 aromatic carbocycles. The van der Waals surface area contributed by atoms with E-state index in [4.69, 9.17) is 4.42 Å². The van der Waals surface area contributed by atoms with E-state index < -0.39 is 30.1 Å². The van der Waals surface area contributed by atoms with Gasteiger partial charge in [-0.15, -0.1) is 5.10 Å². The summed E-state index contributed by atoms with van der Waals surface area (Å²) in [6.45, 7) is 1.96. The molecule has 2 aromatic rings. The summed E-state index contributed by atoms with van der Waals surface area (Å²) >= 11 is 0. The summed E-state index contributed by atoms with van der Waals surface area (Å²) in [6, 6.07) is 4.55. The summed E-state index contributed by atoms with van der Waals surface area (Å²) in [4.78, 5) is 34.9. The Balaban J connectivity index is 1.98. The van der Waals surface area contributed by atoms with E-state index in [1.54, 1.807) is 0 Å². The van der Waals surface area contributed by atoms with Crippen molar-refractivity contribution in [3.63, 3.8) is 0 Å². The Morgan fingerprint density at radius 1 is 1.29 bits per heavy atom. The number of benzene rings is 1. The zero-order chi connectivity index (χ0) is 17.5. The molecular weight excluding hydrogens is 319 g/mol. The highest BCUT2D eigenvalue weighted by Gasteiger charge is 2.14. The molecule has 9 heteroatoms. The monoisotopic (exact) mass is 336 g/mol. The molecule has 1 aromatic heterocycles. The second-order valence-electron chi connectivity index (χ2n) is 5.00. The highest BCUT2D eigenvalue weighted by molar-refractivity contribution is 5.94. The lowest BCUT2D eigenvalue weighted by Crippen LogP contribution is -2.42. The van der Waals surface area contributed by atoms with Gasteiger partial charge in [0.1, 0.15) is 12.4 Å². The van der Waals surface area contributed by atoms with Crippen LogP contribution in [0.15, 0.2) is 33.5 Å². The lowest BCUT2D eigenvalue weighted by atomic mass is 10.2. The van der Waals surface area contributed by atoms with Gasteiger partial charge in [0.05, 0.1) is 0 Å². The molecule has 0 saturated carbocycles. The number of aromatic nitrogens is 2. The molecule has 0 radical (unpaired) electrons. The SMILES string of the molecule is CCCCNC(=O)NC(=O)Cn1nc(-c2ccc(F)cc2)oc1=O. The number of hydrogen-bond acceptors (Lipinski definition) is 5. The van der Waals surface area contributed by atoms with Crippen LogP contribution in [0, 0.1) is 5.82 Å². The van der Waals surface area contributed by atoms with E-state index >= 15 is 0 Å². The van der Waals surface area contributed by atoms with E-state index in [1.165, 1.54) is 24.3 Å². The van der Waals surface area contributed by atoms with Crippen molar-refractivity contribution >= 4 is 11.9 Å². The van der Waals surface area contributed by atoms with Crippen molar-refractivity contribution in [1.29, 1.82) is 0 Å². The Bertz CT molecular complexity index is 767. The smallest absolute Gasteiger partial charge is 0.388 e. The van der Waals surface area contributed by atoms with Crippen LogP contribution in [-0.4, -0.2) is 28.3 Å².